The van der Waals surface area contributed by atoms with Gasteiger partial charge in [-0.25, -0.2) is 4.98 Å². The molecule has 8 nitrogen and oxygen atoms in total. The monoisotopic (exact) mass is 322 g/mol. The molecule has 3 rings (SSSR count). The predicted molar refractivity (Wildman–Crippen MR) is 88.1 cm³/mol. The number of aromatic amines is 1. The molecule has 2 heterocycles. The number of anilines is 2. The van der Waals surface area contributed by atoms with Gasteiger partial charge in [0.25, 0.3) is 5.56 Å². The Bertz CT molecular complexity index is 983. The summed E-state index contributed by atoms with van der Waals surface area (Å²) in [6, 6.07) is 7.29. The van der Waals surface area contributed by atoms with Crippen LogP contribution in [-0.2, 0) is 7.05 Å². The van der Waals surface area contributed by atoms with Crippen molar-refractivity contribution in [1.82, 2.24) is 19.7 Å². The van der Waals surface area contributed by atoms with E-state index in [0.29, 0.717) is 11.4 Å². The number of nitrogens with one attached hydrogen (secondary N) is 2. The van der Waals surface area contributed by atoms with Gasteiger partial charge in [-0.05, 0) is 12.1 Å². The van der Waals surface area contributed by atoms with Gasteiger partial charge in [-0.3, -0.25) is 14.5 Å². The van der Waals surface area contributed by atoms with Crippen LogP contribution >= 0.6 is 0 Å². The van der Waals surface area contributed by atoms with Crippen LogP contribution in [0.15, 0.2) is 41.6 Å². The molecule has 2 N–H and O–H groups in total. The molecule has 1 aromatic carbocycles. The van der Waals surface area contributed by atoms with Crippen molar-refractivity contribution in [3.63, 3.8) is 0 Å². The van der Waals surface area contributed by atoms with Crippen molar-refractivity contribution in [1.29, 1.82) is 5.26 Å². The molecule has 0 unspecified atom stereocenters. The smallest absolute Gasteiger partial charge is 0.270 e. The summed E-state index contributed by atoms with van der Waals surface area (Å²) >= 11 is 0. The summed E-state index contributed by atoms with van der Waals surface area (Å²) in [5.41, 5.74) is 1.99. The summed E-state index contributed by atoms with van der Waals surface area (Å²) in [6.07, 6.45) is 4.87. The lowest BCUT2D eigenvalue weighted by Crippen LogP contribution is -2.13. The molecule has 0 aliphatic rings. The van der Waals surface area contributed by atoms with Crippen molar-refractivity contribution in [3.05, 3.63) is 52.7 Å². The molecular weight excluding hydrogens is 308 g/mol. The first-order chi connectivity index (χ1) is 11.6. The summed E-state index contributed by atoms with van der Waals surface area (Å²) in [6.45, 7) is 0. The molecule has 0 saturated heterocycles. The molecule has 0 radical (unpaired) electrons. The van der Waals surface area contributed by atoms with Gasteiger partial charge in [-0.1, -0.05) is 0 Å². The number of H-pyrrole nitrogens is 1. The maximum atomic E-state index is 11.6. The van der Waals surface area contributed by atoms with Crippen molar-refractivity contribution >= 4 is 11.6 Å². The van der Waals surface area contributed by atoms with Gasteiger partial charge in [-0.15, -0.1) is 0 Å². The number of nitriles is 1. The van der Waals surface area contributed by atoms with Crippen LogP contribution in [0.4, 0.5) is 11.6 Å². The average Bonchev–Trinajstić information content (AvgIpc) is 3.01. The van der Waals surface area contributed by atoms with E-state index in [0.717, 1.165) is 11.1 Å². The third kappa shape index (κ3) is 2.96. The number of benzene rings is 1. The van der Waals surface area contributed by atoms with Crippen LogP contribution in [0, 0.1) is 11.3 Å². The van der Waals surface area contributed by atoms with Gasteiger partial charge >= 0.3 is 0 Å². The van der Waals surface area contributed by atoms with Gasteiger partial charge in [0.05, 0.1) is 19.5 Å². The Morgan fingerprint density at radius 1 is 1.38 bits per heavy atom. The summed E-state index contributed by atoms with van der Waals surface area (Å²) in [5, 5.41) is 15.9. The number of aromatic nitrogens is 4. The number of rotatable bonds is 4. The highest BCUT2D eigenvalue weighted by Crippen LogP contribution is 2.32. The maximum Gasteiger partial charge on any atom is 0.270 e. The molecule has 24 heavy (non-hydrogen) atoms. The number of hydrogen-bond donors (Lipinski definition) is 2. The highest BCUT2D eigenvalue weighted by atomic mass is 16.5. The number of ether oxygens (including phenoxy) is 1. The Balaban J connectivity index is 1.91. The fraction of sp³-hybridized carbons (Fsp3) is 0.125. The molecule has 8 heteroatoms. The Morgan fingerprint density at radius 2 is 2.21 bits per heavy atom. The van der Waals surface area contributed by atoms with E-state index in [1.807, 2.05) is 25.4 Å². The lowest BCUT2D eigenvalue weighted by atomic mass is 10.1. The van der Waals surface area contributed by atoms with Gasteiger partial charge in [0.1, 0.15) is 17.4 Å². The van der Waals surface area contributed by atoms with E-state index < -0.39 is 5.56 Å². The lowest BCUT2D eigenvalue weighted by Gasteiger charge is -2.10. The molecule has 0 aliphatic carbocycles. The molecule has 0 atom stereocenters. The Kier molecular flexibility index (Phi) is 3.99. The predicted octanol–water partition coefficient (Wildman–Crippen LogP) is 1.79. The van der Waals surface area contributed by atoms with Crippen LogP contribution in [0.5, 0.6) is 5.75 Å². The first-order valence-electron chi connectivity index (χ1n) is 7.04. The summed E-state index contributed by atoms with van der Waals surface area (Å²) in [5.74, 6) is 0.902. The van der Waals surface area contributed by atoms with Crippen molar-refractivity contribution in [2.24, 2.45) is 7.05 Å². The second-order valence-electron chi connectivity index (χ2n) is 5.03. The topological polar surface area (TPSA) is 109 Å². The first kappa shape index (κ1) is 15.3. The molecule has 0 bridgehead atoms. The number of nitrogens with zero attached hydrogens (tertiary/aromatic N) is 4. The third-order valence-corrected chi connectivity index (χ3v) is 3.40. The van der Waals surface area contributed by atoms with Crippen molar-refractivity contribution in [2.45, 2.75) is 0 Å². The quantitative estimate of drug-likeness (QED) is 0.758. The maximum absolute atomic E-state index is 11.6. The van der Waals surface area contributed by atoms with Crippen LogP contribution in [0.3, 0.4) is 0 Å². The van der Waals surface area contributed by atoms with E-state index >= 15 is 0 Å². The van der Waals surface area contributed by atoms with Gasteiger partial charge in [-0.2, -0.15) is 10.4 Å². The minimum atomic E-state index is -0.492. The Morgan fingerprint density at radius 3 is 2.83 bits per heavy atom. The van der Waals surface area contributed by atoms with Crippen LogP contribution in [0.1, 0.15) is 5.56 Å². The van der Waals surface area contributed by atoms with E-state index in [4.69, 9.17) is 10.00 Å². The second kappa shape index (κ2) is 6.26. The van der Waals surface area contributed by atoms with Gasteiger partial charge in [0.15, 0.2) is 0 Å². The molecule has 0 saturated carbocycles. The van der Waals surface area contributed by atoms with E-state index in [1.165, 1.54) is 6.20 Å². The van der Waals surface area contributed by atoms with Crippen molar-refractivity contribution in [2.75, 3.05) is 12.4 Å². The number of aryl methyl sites for hydroxylation is 1. The summed E-state index contributed by atoms with van der Waals surface area (Å²) in [4.78, 5) is 18.1. The van der Waals surface area contributed by atoms with Crippen molar-refractivity contribution in [3.8, 4) is 22.9 Å². The van der Waals surface area contributed by atoms with Gasteiger partial charge in [0, 0.05) is 36.1 Å². The normalized spacial score (nSPS) is 10.2. The van der Waals surface area contributed by atoms with E-state index in [1.54, 1.807) is 30.1 Å². The molecule has 0 fully saturated rings. The molecule has 120 valence electrons. The molecule has 0 amide bonds. The fourth-order valence-electron chi connectivity index (χ4n) is 2.24. The molecule has 2 aromatic heterocycles. The largest absolute Gasteiger partial charge is 0.496 e. The molecule has 0 spiro atoms. The fourth-order valence-corrected chi connectivity index (χ4v) is 2.24. The minimum absolute atomic E-state index is 0.0370. The third-order valence-electron chi connectivity index (χ3n) is 3.40. The second-order valence-corrected chi connectivity index (χ2v) is 5.03. The van der Waals surface area contributed by atoms with E-state index in [-0.39, 0.29) is 11.5 Å². The average molecular weight is 322 g/mol. The highest BCUT2D eigenvalue weighted by molar-refractivity contribution is 5.73. The standard InChI is InChI=1S/C16H14N6O2/c1-22-9-11(8-19-22)13-4-3-12(5-14(13)24-2)20-16-18-7-10(6-17)15(23)21-16/h3-5,7-9H,1-2H3,(H2,18,20,21,23). The molecule has 3 aromatic rings. The van der Waals surface area contributed by atoms with E-state index in [2.05, 4.69) is 20.4 Å². The van der Waals surface area contributed by atoms with Crippen LogP contribution in [0.2, 0.25) is 0 Å². The molecular formula is C16H14N6O2. The van der Waals surface area contributed by atoms with Crippen LogP contribution in [0.25, 0.3) is 11.1 Å². The zero-order chi connectivity index (χ0) is 17.1. The summed E-state index contributed by atoms with van der Waals surface area (Å²) in [7, 11) is 3.43. The SMILES string of the molecule is COc1cc(Nc2ncc(C#N)c(=O)[nH]2)ccc1-c1cnn(C)c1. The van der Waals surface area contributed by atoms with Crippen molar-refractivity contribution < 1.29 is 4.74 Å². The van der Waals surface area contributed by atoms with Crippen LogP contribution < -0.4 is 15.6 Å². The zero-order valence-corrected chi connectivity index (χ0v) is 13.1. The Hall–Kier alpha value is -3.60. The summed E-state index contributed by atoms with van der Waals surface area (Å²) < 4.78 is 7.15. The van der Waals surface area contributed by atoms with Gasteiger partial charge < -0.3 is 10.1 Å². The zero-order valence-electron chi connectivity index (χ0n) is 13.1. The number of methoxy groups -OCH3 is 1. The minimum Gasteiger partial charge on any atom is -0.496 e. The molecule has 0 aliphatic heterocycles. The first-order valence-corrected chi connectivity index (χ1v) is 7.04. The van der Waals surface area contributed by atoms with E-state index in [9.17, 15) is 4.79 Å². The highest BCUT2D eigenvalue weighted by Gasteiger charge is 2.10. The van der Waals surface area contributed by atoms with Gasteiger partial charge in [0.2, 0.25) is 5.95 Å². The Labute approximate surface area is 137 Å². The lowest BCUT2D eigenvalue weighted by molar-refractivity contribution is 0.416. The van der Waals surface area contributed by atoms with Crippen LogP contribution in [-0.4, -0.2) is 26.9 Å². The number of hydrogen-bond acceptors (Lipinski definition) is 6.